The molecule has 1 aliphatic rings. The van der Waals surface area contributed by atoms with Crippen molar-refractivity contribution in [3.05, 3.63) is 21.8 Å². The number of amides is 1. The monoisotopic (exact) mass is 480 g/mol. The number of thiophene rings is 1. The van der Waals surface area contributed by atoms with Crippen molar-refractivity contribution in [1.82, 2.24) is 14.8 Å². The maximum atomic E-state index is 12.6. The molecule has 9 nitrogen and oxygen atoms in total. The van der Waals surface area contributed by atoms with Crippen molar-refractivity contribution in [2.24, 2.45) is 13.0 Å². The molecule has 2 heterocycles. The third-order valence-corrected chi connectivity index (χ3v) is 7.82. The molecular formula is C21H28N4O5S2. The Morgan fingerprint density at radius 2 is 1.81 bits per heavy atom. The van der Waals surface area contributed by atoms with Gasteiger partial charge in [0, 0.05) is 13.5 Å². The highest BCUT2D eigenvalue weighted by Crippen LogP contribution is 2.34. The normalized spacial score (nSPS) is 14.2. The van der Waals surface area contributed by atoms with Crippen LogP contribution in [-0.2, 0) is 27.7 Å². The van der Waals surface area contributed by atoms with E-state index in [0.717, 1.165) is 23.6 Å². The van der Waals surface area contributed by atoms with Gasteiger partial charge in [0.25, 0.3) is 0 Å². The molecule has 0 unspecified atom stereocenters. The number of hydrogen-bond donors (Lipinski definition) is 1. The first kappa shape index (κ1) is 24.2. The number of methoxy groups -OCH3 is 2. The first-order valence-electron chi connectivity index (χ1n) is 10.5. The van der Waals surface area contributed by atoms with E-state index in [2.05, 4.69) is 15.5 Å². The van der Waals surface area contributed by atoms with E-state index in [-0.39, 0.29) is 27.1 Å². The fourth-order valence-corrected chi connectivity index (χ4v) is 5.69. The standard InChI is InChI=1S/C21H28N4O5S2/c1-12-16(19(27)29-3)18(32-17(12)20(28)30-4)22-15(26)11-31-21-24-23-14(25(21)2)10-13-8-6-5-7-9-13/h13H,5-11H2,1-4H3,(H,22,26). The molecule has 174 valence electrons. The number of aromatic nitrogens is 3. The van der Waals surface area contributed by atoms with E-state index < -0.39 is 11.9 Å². The number of carbonyl (C=O) groups is 3. The van der Waals surface area contributed by atoms with Crippen LogP contribution >= 0.6 is 23.1 Å². The Labute approximate surface area is 195 Å². The topological polar surface area (TPSA) is 112 Å². The van der Waals surface area contributed by atoms with Crippen LogP contribution < -0.4 is 5.32 Å². The van der Waals surface area contributed by atoms with Gasteiger partial charge in [-0.25, -0.2) is 9.59 Å². The number of esters is 2. The molecule has 0 bridgehead atoms. The molecule has 1 saturated carbocycles. The molecule has 0 atom stereocenters. The van der Waals surface area contributed by atoms with E-state index >= 15 is 0 Å². The summed E-state index contributed by atoms with van der Waals surface area (Å²) in [6.07, 6.45) is 7.23. The minimum absolute atomic E-state index is 0.0838. The van der Waals surface area contributed by atoms with Gasteiger partial charge in [0.05, 0.1) is 25.5 Å². The predicted molar refractivity (Wildman–Crippen MR) is 122 cm³/mol. The molecule has 0 spiro atoms. The van der Waals surface area contributed by atoms with Crippen LogP contribution in [0.15, 0.2) is 5.16 Å². The largest absolute Gasteiger partial charge is 0.465 e. The maximum Gasteiger partial charge on any atom is 0.348 e. The van der Waals surface area contributed by atoms with E-state index in [0.29, 0.717) is 16.6 Å². The second-order valence-electron chi connectivity index (χ2n) is 7.75. The van der Waals surface area contributed by atoms with Gasteiger partial charge in [0.1, 0.15) is 15.7 Å². The highest BCUT2D eigenvalue weighted by atomic mass is 32.2. The van der Waals surface area contributed by atoms with E-state index in [9.17, 15) is 14.4 Å². The summed E-state index contributed by atoms with van der Waals surface area (Å²) in [5.41, 5.74) is 0.571. The predicted octanol–water partition coefficient (Wildman–Crippen LogP) is 3.61. The van der Waals surface area contributed by atoms with Crippen molar-refractivity contribution >= 4 is 45.9 Å². The average molecular weight is 481 g/mol. The Balaban J connectivity index is 1.65. The van der Waals surface area contributed by atoms with Crippen LogP contribution in [0.2, 0.25) is 0 Å². The lowest BCUT2D eigenvalue weighted by atomic mass is 9.87. The minimum Gasteiger partial charge on any atom is -0.465 e. The molecule has 3 rings (SSSR count). The number of anilines is 1. The summed E-state index contributed by atoms with van der Waals surface area (Å²) in [5, 5.41) is 12.2. The van der Waals surface area contributed by atoms with Gasteiger partial charge < -0.3 is 19.4 Å². The average Bonchev–Trinajstić information content (AvgIpc) is 3.31. The van der Waals surface area contributed by atoms with Crippen molar-refractivity contribution in [2.45, 2.75) is 50.6 Å². The molecule has 1 N–H and O–H groups in total. The van der Waals surface area contributed by atoms with Crippen LogP contribution in [0.5, 0.6) is 0 Å². The summed E-state index contributed by atoms with van der Waals surface area (Å²) in [6, 6.07) is 0. The molecule has 1 fully saturated rings. The van der Waals surface area contributed by atoms with Gasteiger partial charge in [0.2, 0.25) is 5.91 Å². The molecule has 2 aromatic heterocycles. The molecule has 1 aliphatic carbocycles. The van der Waals surface area contributed by atoms with Gasteiger partial charge in [0.15, 0.2) is 5.16 Å². The van der Waals surface area contributed by atoms with Gasteiger partial charge in [-0.2, -0.15) is 0 Å². The van der Waals surface area contributed by atoms with Gasteiger partial charge in [-0.3, -0.25) is 4.79 Å². The molecule has 1 amide bonds. The lowest BCUT2D eigenvalue weighted by Crippen LogP contribution is -2.16. The Morgan fingerprint density at radius 1 is 1.12 bits per heavy atom. The molecular weight excluding hydrogens is 452 g/mol. The fourth-order valence-electron chi connectivity index (χ4n) is 3.83. The maximum absolute atomic E-state index is 12.6. The van der Waals surface area contributed by atoms with Gasteiger partial charge >= 0.3 is 11.9 Å². The molecule has 32 heavy (non-hydrogen) atoms. The van der Waals surface area contributed by atoms with Crippen LogP contribution in [0.3, 0.4) is 0 Å². The molecule has 11 heteroatoms. The van der Waals surface area contributed by atoms with E-state index in [4.69, 9.17) is 9.47 Å². The summed E-state index contributed by atoms with van der Waals surface area (Å²) in [7, 11) is 4.42. The van der Waals surface area contributed by atoms with Crippen molar-refractivity contribution in [2.75, 3.05) is 25.3 Å². The first-order valence-corrected chi connectivity index (χ1v) is 12.3. The Hall–Kier alpha value is -2.40. The number of thioether (sulfide) groups is 1. The fraction of sp³-hybridized carbons (Fsp3) is 0.571. The molecule has 0 aliphatic heterocycles. The number of nitrogens with zero attached hydrogens (tertiary/aromatic N) is 3. The molecule has 0 aromatic carbocycles. The highest BCUT2D eigenvalue weighted by molar-refractivity contribution is 7.99. The lowest BCUT2D eigenvalue weighted by molar-refractivity contribution is -0.113. The summed E-state index contributed by atoms with van der Waals surface area (Å²) in [4.78, 5) is 37.0. The smallest absolute Gasteiger partial charge is 0.348 e. The second-order valence-corrected chi connectivity index (χ2v) is 9.71. The van der Waals surface area contributed by atoms with Crippen LogP contribution in [0.4, 0.5) is 5.00 Å². The summed E-state index contributed by atoms with van der Waals surface area (Å²) in [5.74, 6) is 0.143. The summed E-state index contributed by atoms with van der Waals surface area (Å²) < 4.78 is 11.5. The van der Waals surface area contributed by atoms with E-state index in [1.807, 2.05) is 11.6 Å². The van der Waals surface area contributed by atoms with Gasteiger partial charge in [-0.05, 0) is 18.4 Å². The second kappa shape index (κ2) is 11.0. The number of hydrogen-bond acceptors (Lipinski definition) is 9. The highest BCUT2D eigenvalue weighted by Gasteiger charge is 2.27. The van der Waals surface area contributed by atoms with Crippen molar-refractivity contribution < 1.29 is 23.9 Å². The van der Waals surface area contributed by atoms with Crippen LogP contribution in [-0.4, -0.2) is 52.6 Å². The summed E-state index contributed by atoms with van der Waals surface area (Å²) in [6.45, 7) is 1.62. The molecule has 2 aromatic rings. The minimum atomic E-state index is -0.627. The quantitative estimate of drug-likeness (QED) is 0.450. The SMILES string of the molecule is COC(=O)c1sc(NC(=O)CSc2nnc(CC3CCCCC3)n2C)c(C(=O)OC)c1C. The number of nitrogens with one attached hydrogen (secondary N) is 1. The third kappa shape index (κ3) is 5.50. The number of carbonyl (C=O) groups excluding carboxylic acids is 3. The van der Waals surface area contributed by atoms with Crippen molar-refractivity contribution in [1.29, 1.82) is 0 Å². The van der Waals surface area contributed by atoms with Crippen LogP contribution in [0.1, 0.15) is 63.5 Å². The van der Waals surface area contributed by atoms with E-state index in [1.54, 1.807) is 6.92 Å². The Morgan fingerprint density at radius 3 is 2.47 bits per heavy atom. The van der Waals surface area contributed by atoms with Gasteiger partial charge in [-0.15, -0.1) is 21.5 Å². The number of rotatable bonds is 8. The molecule has 0 saturated heterocycles. The zero-order chi connectivity index (χ0) is 23.3. The van der Waals surface area contributed by atoms with Crippen molar-refractivity contribution in [3.63, 3.8) is 0 Å². The zero-order valence-corrected chi connectivity index (χ0v) is 20.4. The van der Waals surface area contributed by atoms with E-state index in [1.165, 1.54) is 58.1 Å². The van der Waals surface area contributed by atoms with Gasteiger partial charge in [-0.1, -0.05) is 43.9 Å². The molecule has 0 radical (unpaired) electrons. The Kier molecular flexibility index (Phi) is 8.30. The Bertz CT molecular complexity index is 995. The van der Waals surface area contributed by atoms with Crippen molar-refractivity contribution in [3.8, 4) is 0 Å². The first-order chi connectivity index (χ1) is 15.3. The number of ether oxygens (including phenoxy) is 2. The van der Waals surface area contributed by atoms with Crippen LogP contribution in [0, 0.1) is 12.8 Å². The third-order valence-electron chi connectivity index (χ3n) is 5.61. The summed E-state index contributed by atoms with van der Waals surface area (Å²) >= 11 is 2.26. The van der Waals surface area contributed by atoms with Crippen LogP contribution in [0.25, 0.3) is 0 Å². The lowest BCUT2D eigenvalue weighted by Gasteiger charge is -2.20. The zero-order valence-electron chi connectivity index (χ0n) is 18.7.